The molecule has 1 aliphatic heterocycles. The van der Waals surface area contributed by atoms with Gasteiger partial charge in [-0.25, -0.2) is 0 Å². The highest BCUT2D eigenvalue weighted by molar-refractivity contribution is 6.30. The zero-order valence-corrected chi connectivity index (χ0v) is 9.45. The van der Waals surface area contributed by atoms with Gasteiger partial charge in [0, 0.05) is 30.4 Å². The van der Waals surface area contributed by atoms with Crippen LogP contribution >= 0.6 is 11.6 Å². The van der Waals surface area contributed by atoms with Gasteiger partial charge in [0.25, 0.3) is 0 Å². The fourth-order valence-electron chi connectivity index (χ4n) is 2.14. The predicted octanol–water partition coefficient (Wildman–Crippen LogP) is 2.55. The smallest absolute Gasteiger partial charge is 0.0434 e. The summed E-state index contributed by atoms with van der Waals surface area (Å²) in [4.78, 5) is 2.36. The van der Waals surface area contributed by atoms with Crippen LogP contribution in [0.3, 0.4) is 0 Å². The molecule has 15 heavy (non-hydrogen) atoms. The molecule has 2 rings (SSSR count). The van der Waals surface area contributed by atoms with Crippen molar-refractivity contribution in [1.82, 2.24) is 0 Å². The molecule has 1 heterocycles. The first-order chi connectivity index (χ1) is 7.29. The molecule has 1 saturated heterocycles. The van der Waals surface area contributed by atoms with Crippen LogP contribution in [0.1, 0.15) is 12.8 Å². The van der Waals surface area contributed by atoms with E-state index in [0.717, 1.165) is 24.5 Å². The fourth-order valence-corrected chi connectivity index (χ4v) is 2.26. The third kappa shape index (κ3) is 2.64. The van der Waals surface area contributed by atoms with Crippen molar-refractivity contribution in [2.24, 2.45) is 5.92 Å². The van der Waals surface area contributed by atoms with Crippen molar-refractivity contribution in [3.05, 3.63) is 29.3 Å². The maximum Gasteiger partial charge on any atom is 0.0434 e. The van der Waals surface area contributed by atoms with Crippen LogP contribution in [0, 0.1) is 5.92 Å². The fraction of sp³-hybridized carbons (Fsp3) is 0.500. The third-order valence-corrected chi connectivity index (χ3v) is 3.27. The van der Waals surface area contributed by atoms with Gasteiger partial charge in [0.1, 0.15) is 0 Å². The average Bonchev–Trinajstić information content (AvgIpc) is 2.68. The van der Waals surface area contributed by atoms with Crippen LogP contribution in [0.25, 0.3) is 0 Å². The van der Waals surface area contributed by atoms with E-state index >= 15 is 0 Å². The first-order valence-corrected chi connectivity index (χ1v) is 5.79. The second kappa shape index (κ2) is 4.86. The molecule has 0 aromatic heterocycles. The largest absolute Gasteiger partial charge is 0.396 e. The van der Waals surface area contributed by atoms with Crippen molar-refractivity contribution in [2.45, 2.75) is 12.8 Å². The minimum absolute atomic E-state index is 0.305. The molecule has 0 spiro atoms. The molecule has 1 unspecified atom stereocenters. The standard InChI is InChI=1S/C12H16ClNO/c13-11-1-3-12(4-2-11)14-7-5-10(9-14)6-8-15/h1-4,10,15H,5-9H2. The monoisotopic (exact) mass is 225 g/mol. The third-order valence-electron chi connectivity index (χ3n) is 3.01. The lowest BCUT2D eigenvalue weighted by atomic mass is 10.1. The Bertz CT molecular complexity index is 312. The second-order valence-corrected chi connectivity index (χ2v) is 4.53. The van der Waals surface area contributed by atoms with Crippen molar-refractivity contribution < 1.29 is 5.11 Å². The highest BCUT2D eigenvalue weighted by atomic mass is 35.5. The molecule has 1 fully saturated rings. The van der Waals surface area contributed by atoms with Gasteiger partial charge < -0.3 is 10.0 Å². The summed E-state index contributed by atoms with van der Waals surface area (Å²) in [5.41, 5.74) is 1.24. The molecule has 0 saturated carbocycles. The van der Waals surface area contributed by atoms with E-state index in [4.69, 9.17) is 16.7 Å². The zero-order chi connectivity index (χ0) is 10.7. The number of hydrogen-bond acceptors (Lipinski definition) is 2. The molecule has 1 aromatic carbocycles. The minimum atomic E-state index is 0.305. The van der Waals surface area contributed by atoms with E-state index < -0.39 is 0 Å². The number of nitrogens with zero attached hydrogens (tertiary/aromatic N) is 1. The van der Waals surface area contributed by atoms with Crippen LogP contribution < -0.4 is 4.90 Å². The minimum Gasteiger partial charge on any atom is -0.396 e. The number of anilines is 1. The topological polar surface area (TPSA) is 23.5 Å². The molecular weight excluding hydrogens is 210 g/mol. The lowest BCUT2D eigenvalue weighted by Crippen LogP contribution is -2.19. The number of aliphatic hydroxyl groups excluding tert-OH is 1. The lowest BCUT2D eigenvalue weighted by Gasteiger charge is -2.18. The van der Waals surface area contributed by atoms with Crippen LogP contribution in [-0.2, 0) is 0 Å². The molecule has 0 aliphatic carbocycles. The molecule has 1 N–H and O–H groups in total. The molecule has 3 heteroatoms. The molecule has 1 aliphatic rings. The first-order valence-electron chi connectivity index (χ1n) is 5.41. The Hall–Kier alpha value is -0.730. The molecule has 1 aromatic rings. The summed E-state index contributed by atoms with van der Waals surface area (Å²) in [7, 11) is 0. The van der Waals surface area contributed by atoms with Gasteiger partial charge in [-0.3, -0.25) is 0 Å². The summed E-state index contributed by atoms with van der Waals surface area (Å²) in [5.74, 6) is 0.644. The van der Waals surface area contributed by atoms with E-state index in [1.54, 1.807) is 0 Å². The first kappa shape index (κ1) is 10.8. The van der Waals surface area contributed by atoms with Gasteiger partial charge in [0.2, 0.25) is 0 Å². The van der Waals surface area contributed by atoms with Crippen LogP contribution in [0.4, 0.5) is 5.69 Å². The Kier molecular flexibility index (Phi) is 3.49. The number of halogens is 1. The van der Waals surface area contributed by atoms with Gasteiger partial charge in [0.05, 0.1) is 0 Å². The van der Waals surface area contributed by atoms with Crippen LogP contribution in [0.2, 0.25) is 5.02 Å². The van der Waals surface area contributed by atoms with Gasteiger partial charge in [-0.2, -0.15) is 0 Å². The van der Waals surface area contributed by atoms with Gasteiger partial charge >= 0.3 is 0 Å². The predicted molar refractivity (Wildman–Crippen MR) is 63.5 cm³/mol. The quantitative estimate of drug-likeness (QED) is 0.855. The van der Waals surface area contributed by atoms with Gasteiger partial charge in [-0.05, 0) is 43.0 Å². The van der Waals surface area contributed by atoms with E-state index in [1.807, 2.05) is 12.1 Å². The molecule has 2 nitrogen and oxygen atoms in total. The Morgan fingerprint density at radius 1 is 1.33 bits per heavy atom. The van der Waals surface area contributed by atoms with Crippen LogP contribution in [-0.4, -0.2) is 24.8 Å². The highest BCUT2D eigenvalue weighted by Crippen LogP contribution is 2.26. The van der Waals surface area contributed by atoms with E-state index in [-0.39, 0.29) is 0 Å². The van der Waals surface area contributed by atoms with Crippen molar-refractivity contribution >= 4 is 17.3 Å². The summed E-state index contributed by atoms with van der Waals surface area (Å²) in [6.07, 6.45) is 2.10. The Morgan fingerprint density at radius 2 is 2.07 bits per heavy atom. The summed E-state index contributed by atoms with van der Waals surface area (Å²) >= 11 is 5.85. The van der Waals surface area contributed by atoms with E-state index in [2.05, 4.69) is 17.0 Å². The maximum absolute atomic E-state index is 8.88. The van der Waals surface area contributed by atoms with E-state index in [9.17, 15) is 0 Å². The SMILES string of the molecule is OCCC1CCN(c2ccc(Cl)cc2)C1. The van der Waals surface area contributed by atoms with Crippen molar-refractivity contribution in [3.63, 3.8) is 0 Å². The van der Waals surface area contributed by atoms with Crippen LogP contribution in [0.15, 0.2) is 24.3 Å². The Labute approximate surface area is 95.5 Å². The summed E-state index contributed by atoms with van der Waals surface area (Å²) < 4.78 is 0. The summed E-state index contributed by atoms with van der Waals surface area (Å²) in [6, 6.07) is 7.97. The van der Waals surface area contributed by atoms with Crippen molar-refractivity contribution in [1.29, 1.82) is 0 Å². The lowest BCUT2D eigenvalue weighted by molar-refractivity contribution is 0.263. The molecule has 1 atom stereocenters. The van der Waals surface area contributed by atoms with E-state index in [1.165, 1.54) is 12.1 Å². The highest BCUT2D eigenvalue weighted by Gasteiger charge is 2.21. The second-order valence-electron chi connectivity index (χ2n) is 4.09. The number of benzene rings is 1. The van der Waals surface area contributed by atoms with E-state index in [0.29, 0.717) is 12.5 Å². The molecule has 82 valence electrons. The molecule has 0 radical (unpaired) electrons. The van der Waals surface area contributed by atoms with Gasteiger partial charge in [-0.15, -0.1) is 0 Å². The Morgan fingerprint density at radius 3 is 2.73 bits per heavy atom. The molecule has 0 bridgehead atoms. The van der Waals surface area contributed by atoms with Crippen molar-refractivity contribution in [2.75, 3.05) is 24.6 Å². The normalized spacial score (nSPS) is 20.9. The average molecular weight is 226 g/mol. The Balaban J connectivity index is 1.98. The summed E-state index contributed by atoms with van der Waals surface area (Å²) in [5, 5.41) is 9.67. The zero-order valence-electron chi connectivity index (χ0n) is 8.69. The van der Waals surface area contributed by atoms with Crippen LogP contribution in [0.5, 0.6) is 0 Å². The number of hydrogen-bond donors (Lipinski definition) is 1. The number of aliphatic hydroxyl groups is 1. The molecule has 0 amide bonds. The maximum atomic E-state index is 8.88. The van der Waals surface area contributed by atoms with Gasteiger partial charge in [-0.1, -0.05) is 11.6 Å². The molecular formula is C12H16ClNO. The van der Waals surface area contributed by atoms with Gasteiger partial charge in [0.15, 0.2) is 0 Å². The number of rotatable bonds is 3. The van der Waals surface area contributed by atoms with Crippen molar-refractivity contribution in [3.8, 4) is 0 Å². The summed E-state index contributed by atoms with van der Waals surface area (Å²) in [6.45, 7) is 2.45.